The van der Waals surface area contributed by atoms with Gasteiger partial charge in [0.25, 0.3) is 0 Å². The summed E-state index contributed by atoms with van der Waals surface area (Å²) in [6.45, 7) is 6.04. The molecule has 1 aromatic rings. The maximum Gasteiger partial charge on any atom is 0.218 e. The van der Waals surface area contributed by atoms with E-state index in [-0.39, 0.29) is 6.10 Å². The van der Waals surface area contributed by atoms with Gasteiger partial charge in [0.05, 0.1) is 13.2 Å². The van der Waals surface area contributed by atoms with Crippen molar-refractivity contribution < 1.29 is 9.47 Å². The molecular formula is C13H20N2O2. The van der Waals surface area contributed by atoms with Crippen LogP contribution >= 0.6 is 0 Å². The Morgan fingerprint density at radius 1 is 1.41 bits per heavy atom. The number of ether oxygens (including phenoxy) is 2. The molecule has 0 unspecified atom stereocenters. The Kier molecular flexibility index (Phi) is 3.97. The van der Waals surface area contributed by atoms with Crippen LogP contribution in [0.2, 0.25) is 0 Å². The van der Waals surface area contributed by atoms with Gasteiger partial charge in [-0.25, -0.2) is 4.98 Å². The van der Waals surface area contributed by atoms with Crippen molar-refractivity contribution in [1.29, 1.82) is 0 Å². The molecule has 0 aliphatic carbocycles. The van der Waals surface area contributed by atoms with Gasteiger partial charge in [-0.3, -0.25) is 0 Å². The Balaban J connectivity index is 2.18. The van der Waals surface area contributed by atoms with Crippen LogP contribution < -0.4 is 10.5 Å². The van der Waals surface area contributed by atoms with Crippen LogP contribution in [0.4, 0.5) is 0 Å². The summed E-state index contributed by atoms with van der Waals surface area (Å²) in [6, 6.07) is 2.04. The summed E-state index contributed by atoms with van der Waals surface area (Å²) in [5, 5.41) is 0. The monoisotopic (exact) mass is 236 g/mol. The van der Waals surface area contributed by atoms with Crippen LogP contribution in [0.5, 0.6) is 5.88 Å². The fourth-order valence-electron chi connectivity index (χ4n) is 2.13. The molecule has 4 nitrogen and oxygen atoms in total. The zero-order valence-corrected chi connectivity index (χ0v) is 10.5. The molecule has 0 saturated carbocycles. The van der Waals surface area contributed by atoms with E-state index >= 15 is 0 Å². The molecule has 2 heterocycles. The predicted octanol–water partition coefficient (Wildman–Crippen LogP) is 1.71. The van der Waals surface area contributed by atoms with E-state index in [4.69, 9.17) is 15.2 Å². The third-order valence-electron chi connectivity index (χ3n) is 3.09. The first-order valence-electron chi connectivity index (χ1n) is 6.12. The number of aromatic nitrogens is 1. The summed E-state index contributed by atoms with van der Waals surface area (Å²) in [7, 11) is 0. The summed E-state index contributed by atoms with van der Waals surface area (Å²) in [6.07, 6.45) is 2.07. The smallest absolute Gasteiger partial charge is 0.218 e. The fourth-order valence-corrected chi connectivity index (χ4v) is 2.13. The standard InChI is InChI=1S/C13H20N2O2/c1-9-7-10(2)15-13(12(9)8-14)17-11-3-5-16-6-4-11/h7,11H,3-6,8,14H2,1-2H3. The van der Waals surface area contributed by atoms with Crippen LogP contribution in [0.25, 0.3) is 0 Å². The van der Waals surface area contributed by atoms with E-state index in [9.17, 15) is 0 Å². The highest BCUT2D eigenvalue weighted by molar-refractivity contribution is 5.35. The molecule has 17 heavy (non-hydrogen) atoms. The fraction of sp³-hybridized carbons (Fsp3) is 0.615. The first kappa shape index (κ1) is 12.3. The van der Waals surface area contributed by atoms with Gasteiger partial charge in [-0.1, -0.05) is 0 Å². The number of hydrogen-bond acceptors (Lipinski definition) is 4. The molecule has 1 saturated heterocycles. The number of nitrogens with two attached hydrogens (primary N) is 1. The van der Waals surface area contributed by atoms with E-state index in [1.165, 1.54) is 0 Å². The number of aryl methyl sites for hydroxylation is 2. The molecule has 2 N–H and O–H groups in total. The Hall–Kier alpha value is -1.13. The van der Waals surface area contributed by atoms with E-state index in [1.807, 2.05) is 19.9 Å². The maximum atomic E-state index is 5.97. The van der Waals surface area contributed by atoms with Gasteiger partial charge in [-0.05, 0) is 25.5 Å². The van der Waals surface area contributed by atoms with Crippen LogP contribution in [-0.4, -0.2) is 24.3 Å². The van der Waals surface area contributed by atoms with E-state index in [2.05, 4.69) is 4.98 Å². The third kappa shape index (κ3) is 2.96. The minimum atomic E-state index is 0.211. The van der Waals surface area contributed by atoms with Gasteiger partial charge in [0, 0.05) is 30.6 Å². The average Bonchev–Trinajstić information content (AvgIpc) is 2.30. The first-order valence-corrected chi connectivity index (χ1v) is 6.12. The second kappa shape index (κ2) is 5.47. The zero-order chi connectivity index (χ0) is 12.3. The van der Waals surface area contributed by atoms with Crippen LogP contribution in [0, 0.1) is 13.8 Å². The van der Waals surface area contributed by atoms with Crippen molar-refractivity contribution >= 4 is 0 Å². The Labute approximate surface area is 102 Å². The largest absolute Gasteiger partial charge is 0.474 e. The van der Waals surface area contributed by atoms with E-state index in [0.717, 1.165) is 42.9 Å². The SMILES string of the molecule is Cc1cc(C)c(CN)c(OC2CCOCC2)n1. The minimum Gasteiger partial charge on any atom is -0.474 e. The molecule has 0 aromatic carbocycles. The van der Waals surface area contributed by atoms with Gasteiger partial charge in [0.1, 0.15) is 6.10 Å². The Morgan fingerprint density at radius 3 is 2.76 bits per heavy atom. The van der Waals surface area contributed by atoms with Crippen molar-refractivity contribution in [3.8, 4) is 5.88 Å². The Morgan fingerprint density at radius 2 is 2.12 bits per heavy atom. The van der Waals surface area contributed by atoms with E-state index < -0.39 is 0 Å². The normalized spacial score (nSPS) is 17.1. The number of rotatable bonds is 3. The highest BCUT2D eigenvalue weighted by Crippen LogP contribution is 2.23. The lowest BCUT2D eigenvalue weighted by molar-refractivity contribution is 0.0232. The molecule has 0 bridgehead atoms. The second-order valence-electron chi connectivity index (χ2n) is 4.50. The molecule has 0 spiro atoms. The minimum absolute atomic E-state index is 0.211. The molecule has 1 aromatic heterocycles. The summed E-state index contributed by atoms with van der Waals surface area (Å²) in [4.78, 5) is 4.46. The lowest BCUT2D eigenvalue weighted by Crippen LogP contribution is -2.27. The molecule has 94 valence electrons. The molecule has 4 heteroatoms. The Bertz CT molecular complexity index is 387. The van der Waals surface area contributed by atoms with Crippen molar-refractivity contribution in [2.45, 2.75) is 39.3 Å². The lowest BCUT2D eigenvalue weighted by atomic mass is 10.1. The van der Waals surface area contributed by atoms with Gasteiger partial charge in [0.2, 0.25) is 5.88 Å². The van der Waals surface area contributed by atoms with Crippen LogP contribution in [0.1, 0.15) is 29.7 Å². The number of pyridine rings is 1. The van der Waals surface area contributed by atoms with Crippen LogP contribution in [-0.2, 0) is 11.3 Å². The quantitative estimate of drug-likeness (QED) is 0.868. The van der Waals surface area contributed by atoms with Crippen molar-refractivity contribution in [3.63, 3.8) is 0 Å². The molecule has 0 atom stereocenters. The van der Waals surface area contributed by atoms with E-state index in [0.29, 0.717) is 12.4 Å². The highest BCUT2D eigenvalue weighted by Gasteiger charge is 2.18. The number of hydrogen-bond donors (Lipinski definition) is 1. The maximum absolute atomic E-state index is 5.97. The van der Waals surface area contributed by atoms with Crippen molar-refractivity contribution in [1.82, 2.24) is 4.98 Å². The van der Waals surface area contributed by atoms with Gasteiger partial charge < -0.3 is 15.2 Å². The highest BCUT2D eigenvalue weighted by atomic mass is 16.5. The zero-order valence-electron chi connectivity index (χ0n) is 10.5. The average molecular weight is 236 g/mol. The summed E-state index contributed by atoms with van der Waals surface area (Å²) in [5.74, 6) is 0.705. The number of nitrogens with zero attached hydrogens (tertiary/aromatic N) is 1. The van der Waals surface area contributed by atoms with Crippen molar-refractivity contribution in [2.75, 3.05) is 13.2 Å². The van der Waals surface area contributed by atoms with Crippen LogP contribution in [0.15, 0.2) is 6.07 Å². The van der Waals surface area contributed by atoms with Gasteiger partial charge >= 0.3 is 0 Å². The summed E-state index contributed by atoms with van der Waals surface area (Å²) in [5.41, 5.74) is 8.91. The molecular weight excluding hydrogens is 216 g/mol. The van der Waals surface area contributed by atoms with Crippen molar-refractivity contribution in [2.24, 2.45) is 5.73 Å². The van der Waals surface area contributed by atoms with Crippen LogP contribution in [0.3, 0.4) is 0 Å². The second-order valence-corrected chi connectivity index (χ2v) is 4.50. The van der Waals surface area contributed by atoms with Gasteiger partial charge in [0.15, 0.2) is 0 Å². The molecule has 1 fully saturated rings. The first-order chi connectivity index (χ1) is 8.20. The third-order valence-corrected chi connectivity index (χ3v) is 3.09. The summed E-state index contributed by atoms with van der Waals surface area (Å²) >= 11 is 0. The lowest BCUT2D eigenvalue weighted by Gasteiger charge is -2.24. The molecule has 0 amide bonds. The molecule has 2 rings (SSSR count). The molecule has 1 aliphatic heterocycles. The topological polar surface area (TPSA) is 57.4 Å². The van der Waals surface area contributed by atoms with Gasteiger partial charge in [-0.15, -0.1) is 0 Å². The van der Waals surface area contributed by atoms with Crippen molar-refractivity contribution in [3.05, 3.63) is 22.9 Å². The molecule has 0 radical (unpaired) electrons. The predicted molar refractivity (Wildman–Crippen MR) is 66.1 cm³/mol. The van der Waals surface area contributed by atoms with E-state index in [1.54, 1.807) is 0 Å². The molecule has 1 aliphatic rings. The van der Waals surface area contributed by atoms with Gasteiger partial charge in [-0.2, -0.15) is 0 Å². The summed E-state index contributed by atoms with van der Waals surface area (Å²) < 4.78 is 11.3.